The van der Waals surface area contributed by atoms with E-state index in [0.29, 0.717) is 5.69 Å². The molecular weight excluding hydrogens is 279 g/mol. The van der Waals surface area contributed by atoms with Gasteiger partial charge in [-0.2, -0.15) is 17.5 Å². The van der Waals surface area contributed by atoms with Crippen molar-refractivity contribution in [2.24, 2.45) is 0 Å². The van der Waals surface area contributed by atoms with Crippen molar-refractivity contribution in [2.75, 3.05) is 0 Å². The molecule has 0 atom stereocenters. The normalized spacial score (nSPS) is 11.3. The minimum atomic E-state index is -3.73. The zero-order valence-electron chi connectivity index (χ0n) is 9.44. The minimum Gasteiger partial charge on any atom is -0.345 e. The van der Waals surface area contributed by atoms with Crippen LogP contribution in [0.1, 0.15) is 11.3 Å². The number of carbonyl (C=O) groups is 1. The van der Waals surface area contributed by atoms with Gasteiger partial charge >= 0.3 is 5.92 Å². The summed E-state index contributed by atoms with van der Waals surface area (Å²) in [5.41, 5.74) is -0.170. The molecule has 0 aliphatic rings. The molecule has 2 rings (SSSR count). The molecule has 0 saturated carbocycles. The average Bonchev–Trinajstić information content (AvgIpc) is 2.89. The van der Waals surface area contributed by atoms with Crippen LogP contribution in [0.25, 0.3) is 0 Å². The first-order valence-corrected chi connectivity index (χ1v) is 5.92. The van der Waals surface area contributed by atoms with E-state index in [9.17, 15) is 18.0 Å². The smallest absolute Gasteiger partial charge is 0.345 e. The molecule has 2 aromatic rings. The van der Waals surface area contributed by atoms with Crippen molar-refractivity contribution in [3.63, 3.8) is 0 Å². The lowest BCUT2D eigenvalue weighted by atomic mass is 10.1. The summed E-state index contributed by atoms with van der Waals surface area (Å²) in [6.07, 6.45) is 1.38. The molecular formula is C11H8F3N3OS. The van der Waals surface area contributed by atoms with E-state index in [0.717, 1.165) is 36.0 Å². The van der Waals surface area contributed by atoms with Crippen LogP contribution in [0, 0.1) is 5.82 Å². The number of carbonyl (C=O) groups excluding carboxylic acids is 1. The fourth-order valence-corrected chi connectivity index (χ4v) is 1.77. The Morgan fingerprint density at radius 3 is 2.58 bits per heavy atom. The van der Waals surface area contributed by atoms with E-state index in [1.165, 1.54) is 6.20 Å². The second-order valence-corrected chi connectivity index (χ2v) is 4.22. The number of hydrogen-bond acceptors (Lipinski definition) is 4. The molecule has 100 valence electrons. The number of rotatable bonds is 4. The number of amides is 1. The van der Waals surface area contributed by atoms with Gasteiger partial charge in [0, 0.05) is 5.56 Å². The van der Waals surface area contributed by atoms with Gasteiger partial charge in [0.1, 0.15) is 5.82 Å². The van der Waals surface area contributed by atoms with E-state index in [-0.39, 0.29) is 6.54 Å². The molecule has 0 aliphatic heterocycles. The molecule has 0 aliphatic carbocycles. The van der Waals surface area contributed by atoms with Crippen LogP contribution in [0.4, 0.5) is 13.2 Å². The molecule has 0 radical (unpaired) electrons. The molecule has 1 N–H and O–H groups in total. The molecule has 1 aromatic carbocycles. The molecule has 0 fully saturated rings. The average molecular weight is 287 g/mol. The highest BCUT2D eigenvalue weighted by molar-refractivity contribution is 6.99. The van der Waals surface area contributed by atoms with Gasteiger partial charge in [0.2, 0.25) is 0 Å². The van der Waals surface area contributed by atoms with Gasteiger partial charge in [-0.15, -0.1) is 0 Å². The Balaban J connectivity index is 2.06. The zero-order chi connectivity index (χ0) is 13.9. The summed E-state index contributed by atoms with van der Waals surface area (Å²) in [5, 5.41) is 2.06. The highest BCUT2D eigenvalue weighted by Gasteiger charge is 2.40. The van der Waals surface area contributed by atoms with Crippen LogP contribution in [0.5, 0.6) is 0 Å². The maximum Gasteiger partial charge on any atom is 0.349 e. The summed E-state index contributed by atoms with van der Waals surface area (Å²) in [6.45, 7) is -0.133. The maximum absolute atomic E-state index is 13.7. The Labute approximate surface area is 110 Å². The third-order valence-electron chi connectivity index (χ3n) is 2.33. The summed E-state index contributed by atoms with van der Waals surface area (Å²) in [6, 6.07) is 3.50. The summed E-state index contributed by atoms with van der Waals surface area (Å²) in [7, 11) is 0. The number of hydrogen-bond donors (Lipinski definition) is 1. The standard InChI is InChI=1S/C11H8F3N3OS/c12-8-3-1-7(2-4-8)11(13,14)10(18)15-5-9-6-16-19-17-9/h1-4,6H,5H2,(H,15,18). The van der Waals surface area contributed by atoms with Crippen molar-refractivity contribution >= 4 is 17.6 Å². The maximum atomic E-state index is 13.7. The van der Waals surface area contributed by atoms with E-state index in [2.05, 4.69) is 14.1 Å². The molecule has 1 heterocycles. The van der Waals surface area contributed by atoms with Crippen LogP contribution in [0.2, 0.25) is 0 Å². The van der Waals surface area contributed by atoms with Gasteiger partial charge in [-0.05, 0) is 24.3 Å². The Bertz CT molecular complexity index is 557. The molecule has 1 amide bonds. The molecule has 0 saturated heterocycles. The lowest BCUT2D eigenvalue weighted by molar-refractivity contribution is -0.147. The SMILES string of the molecule is O=C(NCc1cnsn1)C(F)(F)c1ccc(F)cc1. The van der Waals surface area contributed by atoms with Gasteiger partial charge in [0.05, 0.1) is 30.2 Å². The van der Waals surface area contributed by atoms with Crippen molar-refractivity contribution in [3.05, 3.63) is 47.5 Å². The van der Waals surface area contributed by atoms with Crippen LogP contribution in [-0.4, -0.2) is 14.7 Å². The third-order valence-corrected chi connectivity index (χ3v) is 2.84. The Morgan fingerprint density at radius 1 is 1.32 bits per heavy atom. The molecule has 8 heteroatoms. The third kappa shape index (κ3) is 3.08. The van der Waals surface area contributed by atoms with Gasteiger partial charge in [0.15, 0.2) is 0 Å². The van der Waals surface area contributed by atoms with Crippen molar-refractivity contribution in [2.45, 2.75) is 12.5 Å². The Kier molecular flexibility index (Phi) is 3.79. The first-order valence-electron chi connectivity index (χ1n) is 5.19. The second kappa shape index (κ2) is 5.35. The highest BCUT2D eigenvalue weighted by atomic mass is 32.1. The monoisotopic (exact) mass is 287 g/mol. The van der Waals surface area contributed by atoms with Gasteiger partial charge in [-0.25, -0.2) is 4.39 Å². The Morgan fingerprint density at radius 2 is 2.00 bits per heavy atom. The zero-order valence-corrected chi connectivity index (χ0v) is 10.3. The van der Waals surface area contributed by atoms with Gasteiger partial charge in [-0.1, -0.05) is 0 Å². The molecule has 0 bridgehead atoms. The van der Waals surface area contributed by atoms with Gasteiger partial charge in [-0.3, -0.25) is 4.79 Å². The van der Waals surface area contributed by atoms with Crippen molar-refractivity contribution in [3.8, 4) is 0 Å². The molecule has 4 nitrogen and oxygen atoms in total. The van der Waals surface area contributed by atoms with Crippen molar-refractivity contribution in [1.82, 2.24) is 14.1 Å². The lowest BCUT2D eigenvalue weighted by Gasteiger charge is -2.15. The van der Waals surface area contributed by atoms with Gasteiger partial charge < -0.3 is 5.32 Å². The van der Waals surface area contributed by atoms with Crippen LogP contribution in [-0.2, 0) is 17.3 Å². The molecule has 19 heavy (non-hydrogen) atoms. The summed E-state index contributed by atoms with van der Waals surface area (Å²) >= 11 is 0.916. The predicted molar refractivity (Wildman–Crippen MR) is 62.0 cm³/mol. The second-order valence-electron chi connectivity index (χ2n) is 3.66. The van der Waals surface area contributed by atoms with Crippen molar-refractivity contribution in [1.29, 1.82) is 0 Å². The predicted octanol–water partition coefficient (Wildman–Crippen LogP) is 2.09. The van der Waals surface area contributed by atoms with Crippen LogP contribution in [0.3, 0.4) is 0 Å². The largest absolute Gasteiger partial charge is 0.349 e. The van der Waals surface area contributed by atoms with Crippen LogP contribution in [0.15, 0.2) is 30.5 Å². The fraction of sp³-hybridized carbons (Fsp3) is 0.182. The molecule has 0 spiro atoms. The number of nitrogens with zero attached hydrogens (tertiary/aromatic N) is 2. The minimum absolute atomic E-state index is 0.133. The van der Waals surface area contributed by atoms with E-state index in [4.69, 9.17) is 0 Å². The number of alkyl halides is 2. The first-order chi connectivity index (χ1) is 9.00. The van der Waals surface area contributed by atoms with Gasteiger partial charge in [0.25, 0.3) is 5.91 Å². The molecule has 1 aromatic heterocycles. The number of aromatic nitrogens is 2. The summed E-state index contributed by atoms with van der Waals surface area (Å²) < 4.78 is 47.6. The summed E-state index contributed by atoms with van der Waals surface area (Å²) in [4.78, 5) is 11.4. The number of halogens is 3. The number of nitrogens with one attached hydrogen (secondary N) is 1. The summed E-state index contributed by atoms with van der Waals surface area (Å²) in [5.74, 6) is -5.84. The van der Waals surface area contributed by atoms with Crippen LogP contribution < -0.4 is 5.32 Å². The van der Waals surface area contributed by atoms with Crippen molar-refractivity contribution < 1.29 is 18.0 Å². The fourth-order valence-electron chi connectivity index (χ4n) is 1.33. The van der Waals surface area contributed by atoms with E-state index in [1.54, 1.807) is 0 Å². The van der Waals surface area contributed by atoms with E-state index in [1.807, 2.05) is 0 Å². The van der Waals surface area contributed by atoms with Crippen LogP contribution >= 0.6 is 11.7 Å². The quantitative estimate of drug-likeness (QED) is 0.936. The van der Waals surface area contributed by atoms with E-state index >= 15 is 0 Å². The first kappa shape index (κ1) is 13.5. The Hall–Kier alpha value is -1.96. The lowest BCUT2D eigenvalue weighted by Crippen LogP contribution is -2.37. The van der Waals surface area contributed by atoms with E-state index < -0.39 is 23.2 Å². The topological polar surface area (TPSA) is 54.9 Å². The number of benzene rings is 1. The molecule has 0 unspecified atom stereocenters. The highest BCUT2D eigenvalue weighted by Crippen LogP contribution is 2.28.